The zero-order chi connectivity index (χ0) is 25.3. The highest BCUT2D eigenvalue weighted by molar-refractivity contribution is 6.08. The number of hydrogen-bond acceptors (Lipinski definition) is 4. The predicted molar refractivity (Wildman–Crippen MR) is 135 cm³/mol. The maximum atomic E-state index is 13.2. The van der Waals surface area contributed by atoms with Crippen molar-refractivity contribution in [1.82, 2.24) is 24.9 Å². The van der Waals surface area contributed by atoms with E-state index >= 15 is 0 Å². The first kappa shape index (κ1) is 23.9. The van der Waals surface area contributed by atoms with Crippen molar-refractivity contribution in [2.75, 3.05) is 13.1 Å². The van der Waals surface area contributed by atoms with E-state index in [4.69, 9.17) is 0 Å². The van der Waals surface area contributed by atoms with Crippen LogP contribution in [0, 0.1) is 0 Å². The van der Waals surface area contributed by atoms with Gasteiger partial charge in [-0.2, -0.15) is 5.10 Å². The molecular weight excluding hydrogens is 442 g/mol. The highest BCUT2D eigenvalue weighted by atomic mass is 16.2. The molecule has 0 unspecified atom stereocenters. The number of fused-ring (bicyclic) bond motifs is 2. The number of rotatable bonds is 8. The molecule has 0 bridgehead atoms. The van der Waals surface area contributed by atoms with Gasteiger partial charge in [0.15, 0.2) is 0 Å². The van der Waals surface area contributed by atoms with Crippen LogP contribution >= 0.6 is 0 Å². The Kier molecular flexibility index (Phi) is 6.55. The summed E-state index contributed by atoms with van der Waals surface area (Å²) in [6, 6.07) is 11.5. The van der Waals surface area contributed by atoms with Gasteiger partial charge < -0.3 is 10.2 Å². The number of nitrogens with one attached hydrogen (secondary N) is 1. The van der Waals surface area contributed by atoms with Gasteiger partial charge in [-0.25, -0.2) is 0 Å². The molecule has 0 radical (unpaired) electrons. The van der Waals surface area contributed by atoms with Crippen molar-refractivity contribution in [3.63, 3.8) is 0 Å². The van der Waals surface area contributed by atoms with Crippen molar-refractivity contribution in [3.05, 3.63) is 78.3 Å². The molecule has 0 aliphatic carbocycles. The Hall–Kier alpha value is -4.20. The minimum atomic E-state index is -0.629. The summed E-state index contributed by atoms with van der Waals surface area (Å²) in [6.07, 6.45) is 2.74. The Bertz CT molecular complexity index is 1370. The Balaban J connectivity index is 1.54. The van der Waals surface area contributed by atoms with Crippen molar-refractivity contribution in [2.24, 2.45) is 7.05 Å². The number of likely N-dealkylation sites (N-methyl/N-ethyl adjacent to an activating group) is 1. The Labute approximate surface area is 204 Å². The molecule has 180 valence electrons. The Morgan fingerprint density at radius 1 is 1.14 bits per heavy atom. The summed E-state index contributed by atoms with van der Waals surface area (Å²) in [6.45, 7) is 12.7. The molecule has 8 heteroatoms. The second kappa shape index (κ2) is 9.58. The standard InChI is InChI=1S/C27H29N5O3/c1-6-13-31(7-2)26(34)17(3)28-25(33)18(4)32-16-23-21(9-8-10-22(23)27(32)35)19-11-12-24-20(14-19)15-30(5)29-24/h8-12,14-15H,3-4,6-7,13,16H2,1-2,5H3,(H,28,33). The minimum Gasteiger partial charge on any atom is -0.338 e. The van der Waals surface area contributed by atoms with Gasteiger partial charge in [-0.05, 0) is 48.2 Å². The summed E-state index contributed by atoms with van der Waals surface area (Å²) in [5, 5.41) is 7.93. The van der Waals surface area contributed by atoms with E-state index in [1.54, 1.807) is 15.6 Å². The van der Waals surface area contributed by atoms with Crippen molar-refractivity contribution in [1.29, 1.82) is 0 Å². The van der Waals surface area contributed by atoms with Crippen LogP contribution in [0.1, 0.15) is 36.2 Å². The lowest BCUT2D eigenvalue weighted by molar-refractivity contribution is -0.129. The molecule has 0 saturated heterocycles. The molecule has 8 nitrogen and oxygen atoms in total. The smallest absolute Gasteiger partial charge is 0.271 e. The average Bonchev–Trinajstić information content (AvgIpc) is 3.39. The van der Waals surface area contributed by atoms with Gasteiger partial charge in [-0.1, -0.05) is 38.3 Å². The normalized spacial score (nSPS) is 12.5. The van der Waals surface area contributed by atoms with Gasteiger partial charge in [0, 0.05) is 37.3 Å². The lowest BCUT2D eigenvalue weighted by Crippen LogP contribution is -2.40. The molecule has 1 N–H and O–H groups in total. The molecule has 0 saturated carbocycles. The molecule has 0 fully saturated rings. The zero-order valence-corrected chi connectivity index (χ0v) is 20.3. The van der Waals surface area contributed by atoms with E-state index in [2.05, 4.69) is 23.6 Å². The van der Waals surface area contributed by atoms with E-state index in [0.29, 0.717) is 18.7 Å². The Morgan fingerprint density at radius 3 is 2.60 bits per heavy atom. The first-order valence-corrected chi connectivity index (χ1v) is 11.6. The zero-order valence-electron chi connectivity index (χ0n) is 20.3. The van der Waals surface area contributed by atoms with E-state index in [0.717, 1.165) is 34.0 Å². The summed E-state index contributed by atoms with van der Waals surface area (Å²) in [5.41, 5.74) is 4.04. The number of aryl methyl sites for hydroxylation is 1. The molecule has 1 aliphatic heterocycles. The van der Waals surface area contributed by atoms with Crippen LogP contribution in [0.5, 0.6) is 0 Å². The second-order valence-corrected chi connectivity index (χ2v) is 8.56. The van der Waals surface area contributed by atoms with E-state index in [1.165, 1.54) is 4.90 Å². The van der Waals surface area contributed by atoms with Gasteiger partial charge in [0.05, 0.1) is 17.8 Å². The summed E-state index contributed by atoms with van der Waals surface area (Å²) in [4.78, 5) is 41.6. The highest BCUT2D eigenvalue weighted by Gasteiger charge is 2.34. The first-order valence-electron chi connectivity index (χ1n) is 11.6. The highest BCUT2D eigenvalue weighted by Crippen LogP contribution is 2.35. The van der Waals surface area contributed by atoms with Crippen LogP contribution < -0.4 is 5.32 Å². The van der Waals surface area contributed by atoms with Crippen LogP contribution in [-0.2, 0) is 23.2 Å². The van der Waals surface area contributed by atoms with E-state index in [1.807, 2.05) is 57.4 Å². The van der Waals surface area contributed by atoms with Crippen LogP contribution in [-0.4, -0.2) is 50.4 Å². The summed E-state index contributed by atoms with van der Waals surface area (Å²) < 4.78 is 1.76. The fourth-order valence-electron chi connectivity index (χ4n) is 4.39. The topological polar surface area (TPSA) is 87.5 Å². The van der Waals surface area contributed by atoms with Crippen molar-refractivity contribution in [3.8, 4) is 11.1 Å². The second-order valence-electron chi connectivity index (χ2n) is 8.56. The molecule has 35 heavy (non-hydrogen) atoms. The van der Waals surface area contributed by atoms with Gasteiger partial charge in [0.25, 0.3) is 17.7 Å². The number of nitrogens with zero attached hydrogens (tertiary/aromatic N) is 4. The maximum Gasteiger partial charge on any atom is 0.271 e. The molecule has 0 spiro atoms. The summed E-state index contributed by atoms with van der Waals surface area (Å²) in [7, 11) is 1.87. The fourth-order valence-corrected chi connectivity index (χ4v) is 4.39. The van der Waals surface area contributed by atoms with Gasteiger partial charge in [-0.3, -0.25) is 24.0 Å². The number of hydrogen-bond donors (Lipinski definition) is 1. The molecule has 3 amide bonds. The van der Waals surface area contributed by atoms with Gasteiger partial charge in [0.2, 0.25) is 0 Å². The third-order valence-electron chi connectivity index (χ3n) is 6.17. The SMILES string of the molecule is C=C(NC(=O)C(=C)N1Cc2c(cccc2-c2ccc3nn(C)cc3c2)C1=O)C(=O)N(CC)CCC. The number of amides is 3. The van der Waals surface area contributed by atoms with Crippen molar-refractivity contribution < 1.29 is 14.4 Å². The number of carbonyl (C=O) groups excluding carboxylic acids is 3. The predicted octanol–water partition coefficient (Wildman–Crippen LogP) is 3.60. The molecule has 4 rings (SSSR count). The van der Waals surface area contributed by atoms with E-state index in [9.17, 15) is 14.4 Å². The monoisotopic (exact) mass is 471 g/mol. The van der Waals surface area contributed by atoms with E-state index < -0.39 is 5.91 Å². The summed E-state index contributed by atoms with van der Waals surface area (Å²) >= 11 is 0. The molecule has 2 aromatic carbocycles. The van der Waals surface area contributed by atoms with Crippen LogP contribution in [0.15, 0.2) is 67.1 Å². The number of carbonyl (C=O) groups is 3. The maximum absolute atomic E-state index is 13.2. The molecule has 3 aromatic rings. The van der Waals surface area contributed by atoms with Gasteiger partial charge in [-0.15, -0.1) is 0 Å². The Morgan fingerprint density at radius 2 is 1.89 bits per heavy atom. The third kappa shape index (κ3) is 4.47. The van der Waals surface area contributed by atoms with Gasteiger partial charge in [0.1, 0.15) is 5.70 Å². The van der Waals surface area contributed by atoms with Crippen LogP contribution in [0.25, 0.3) is 22.0 Å². The van der Waals surface area contributed by atoms with Crippen LogP contribution in [0.3, 0.4) is 0 Å². The fraction of sp³-hybridized carbons (Fsp3) is 0.259. The average molecular weight is 472 g/mol. The first-order chi connectivity index (χ1) is 16.7. The third-order valence-corrected chi connectivity index (χ3v) is 6.17. The molecule has 2 heterocycles. The van der Waals surface area contributed by atoms with Crippen molar-refractivity contribution >= 4 is 28.6 Å². The van der Waals surface area contributed by atoms with Crippen LogP contribution in [0.2, 0.25) is 0 Å². The summed E-state index contributed by atoms with van der Waals surface area (Å²) in [5.74, 6) is -1.28. The lowest BCUT2D eigenvalue weighted by Gasteiger charge is -2.23. The van der Waals surface area contributed by atoms with Crippen molar-refractivity contribution in [2.45, 2.75) is 26.8 Å². The molecule has 1 aliphatic rings. The molecular formula is C27H29N5O3. The molecule has 1 aromatic heterocycles. The van der Waals surface area contributed by atoms with Crippen LogP contribution in [0.4, 0.5) is 0 Å². The van der Waals surface area contributed by atoms with E-state index in [-0.39, 0.29) is 29.8 Å². The number of aromatic nitrogens is 2. The minimum absolute atomic E-state index is 0.0349. The largest absolute Gasteiger partial charge is 0.338 e. The quantitative estimate of drug-likeness (QED) is 0.509. The lowest BCUT2D eigenvalue weighted by atomic mass is 9.96. The molecule has 0 atom stereocenters. The number of benzene rings is 2. The van der Waals surface area contributed by atoms with Gasteiger partial charge >= 0.3 is 0 Å².